The van der Waals surface area contributed by atoms with E-state index in [1.54, 1.807) is 0 Å². The van der Waals surface area contributed by atoms with Crippen LogP contribution < -0.4 is 20.1 Å². The summed E-state index contributed by atoms with van der Waals surface area (Å²) in [6.07, 6.45) is 2.89. The van der Waals surface area contributed by atoms with Gasteiger partial charge in [0, 0.05) is 13.0 Å². The van der Waals surface area contributed by atoms with E-state index < -0.39 is 0 Å². The molecule has 2 aliphatic rings. The van der Waals surface area contributed by atoms with Crippen LogP contribution in [0.3, 0.4) is 0 Å². The molecule has 2 heterocycles. The third-order valence-electron chi connectivity index (χ3n) is 4.84. The molecule has 2 aliphatic heterocycles. The second-order valence-electron chi connectivity index (χ2n) is 6.65. The normalized spacial score (nSPS) is 18.9. The van der Waals surface area contributed by atoms with Gasteiger partial charge in [0.25, 0.3) is 0 Å². The van der Waals surface area contributed by atoms with E-state index in [0.717, 1.165) is 31.5 Å². The second-order valence-corrected chi connectivity index (χ2v) is 7.05. The van der Waals surface area contributed by atoms with Crippen molar-refractivity contribution in [3.63, 3.8) is 0 Å². The van der Waals surface area contributed by atoms with Crippen molar-refractivity contribution in [3.05, 3.63) is 22.7 Å². The Balaban J connectivity index is 1.51. The minimum absolute atomic E-state index is 0.0899. The van der Waals surface area contributed by atoms with Crippen LogP contribution in [0.15, 0.2) is 12.1 Å². The van der Waals surface area contributed by atoms with Crippen molar-refractivity contribution in [2.45, 2.75) is 32.7 Å². The Morgan fingerprint density at radius 1 is 1.33 bits per heavy atom. The van der Waals surface area contributed by atoms with E-state index in [1.165, 1.54) is 0 Å². The van der Waals surface area contributed by atoms with Gasteiger partial charge in [-0.2, -0.15) is 0 Å². The van der Waals surface area contributed by atoms with Crippen LogP contribution in [-0.2, 0) is 11.3 Å². The number of ether oxygens (including phenoxy) is 2. The second kappa shape index (κ2) is 8.08. The highest BCUT2D eigenvalue weighted by molar-refractivity contribution is 6.32. The first-order chi connectivity index (χ1) is 11.6. The molecular formula is C18H25ClN2O3. The first-order valence-electron chi connectivity index (χ1n) is 8.69. The summed E-state index contributed by atoms with van der Waals surface area (Å²) in [5.41, 5.74) is 0.923. The van der Waals surface area contributed by atoms with Crippen LogP contribution in [0.5, 0.6) is 11.5 Å². The molecule has 0 spiro atoms. The Morgan fingerprint density at radius 2 is 2.08 bits per heavy atom. The van der Waals surface area contributed by atoms with Crippen molar-refractivity contribution in [3.8, 4) is 11.5 Å². The average Bonchev–Trinajstić information content (AvgIpc) is 2.61. The number of rotatable bonds is 5. The zero-order valence-corrected chi connectivity index (χ0v) is 14.8. The van der Waals surface area contributed by atoms with Crippen molar-refractivity contribution in [2.24, 2.45) is 11.8 Å². The molecule has 0 aliphatic carbocycles. The Labute approximate surface area is 148 Å². The molecular weight excluding hydrogens is 328 g/mol. The van der Waals surface area contributed by atoms with E-state index in [-0.39, 0.29) is 5.91 Å². The van der Waals surface area contributed by atoms with Crippen LogP contribution in [0.1, 0.15) is 31.7 Å². The number of carbonyl (C=O) groups excluding carboxylic acids is 1. The van der Waals surface area contributed by atoms with E-state index in [0.29, 0.717) is 54.5 Å². The molecule has 1 amide bonds. The van der Waals surface area contributed by atoms with Gasteiger partial charge in [-0.25, -0.2) is 0 Å². The van der Waals surface area contributed by atoms with Gasteiger partial charge in [-0.05, 0) is 55.5 Å². The fourth-order valence-corrected chi connectivity index (χ4v) is 3.70. The van der Waals surface area contributed by atoms with Gasteiger partial charge < -0.3 is 20.1 Å². The summed E-state index contributed by atoms with van der Waals surface area (Å²) in [5.74, 6) is 2.39. The molecule has 1 aromatic carbocycles. The summed E-state index contributed by atoms with van der Waals surface area (Å²) in [4.78, 5) is 12.2. The molecule has 0 bridgehead atoms. The van der Waals surface area contributed by atoms with Crippen LogP contribution in [0, 0.1) is 11.8 Å². The molecule has 1 aromatic rings. The lowest BCUT2D eigenvalue weighted by molar-refractivity contribution is -0.122. The summed E-state index contributed by atoms with van der Waals surface area (Å²) >= 11 is 6.22. The van der Waals surface area contributed by atoms with Gasteiger partial charge >= 0.3 is 0 Å². The fraction of sp³-hybridized carbons (Fsp3) is 0.611. The predicted molar refractivity (Wildman–Crippen MR) is 93.7 cm³/mol. The number of halogens is 1. The zero-order valence-electron chi connectivity index (χ0n) is 14.1. The maximum Gasteiger partial charge on any atom is 0.220 e. The lowest BCUT2D eigenvalue weighted by atomic mass is 9.84. The minimum Gasteiger partial charge on any atom is -0.486 e. The third-order valence-corrected chi connectivity index (χ3v) is 5.12. The maximum atomic E-state index is 12.2. The highest BCUT2D eigenvalue weighted by Crippen LogP contribution is 2.38. The highest BCUT2D eigenvalue weighted by Gasteiger charge is 2.22. The van der Waals surface area contributed by atoms with Crippen LogP contribution in [0.25, 0.3) is 0 Å². The quantitative estimate of drug-likeness (QED) is 0.855. The molecule has 24 heavy (non-hydrogen) atoms. The Bertz CT molecular complexity index is 588. The smallest absolute Gasteiger partial charge is 0.220 e. The number of hydrogen-bond donors (Lipinski definition) is 2. The summed E-state index contributed by atoms with van der Waals surface area (Å²) in [6.45, 7) is 5.79. The van der Waals surface area contributed by atoms with Crippen molar-refractivity contribution < 1.29 is 14.3 Å². The Kier molecular flexibility index (Phi) is 5.85. The maximum absolute atomic E-state index is 12.2. The molecule has 5 nitrogen and oxygen atoms in total. The molecule has 0 aromatic heterocycles. The van der Waals surface area contributed by atoms with Crippen molar-refractivity contribution >= 4 is 17.5 Å². The van der Waals surface area contributed by atoms with Gasteiger partial charge in [0.15, 0.2) is 11.5 Å². The topological polar surface area (TPSA) is 59.6 Å². The lowest BCUT2D eigenvalue weighted by Crippen LogP contribution is -2.33. The van der Waals surface area contributed by atoms with Gasteiger partial charge in [-0.3, -0.25) is 4.79 Å². The van der Waals surface area contributed by atoms with Crippen LogP contribution in [-0.4, -0.2) is 32.2 Å². The van der Waals surface area contributed by atoms with Crippen molar-refractivity contribution in [2.75, 3.05) is 26.3 Å². The SMILES string of the molecule is CC(CC(=O)NCc1cc(Cl)c2c(c1)OCCO2)C1CCNCC1. The van der Waals surface area contributed by atoms with E-state index >= 15 is 0 Å². The molecule has 1 unspecified atom stereocenters. The highest BCUT2D eigenvalue weighted by atomic mass is 35.5. The minimum atomic E-state index is 0.0899. The van der Waals surface area contributed by atoms with Gasteiger partial charge in [0.1, 0.15) is 13.2 Å². The fourth-order valence-electron chi connectivity index (χ4n) is 3.41. The number of nitrogens with one attached hydrogen (secondary N) is 2. The van der Waals surface area contributed by atoms with Crippen molar-refractivity contribution in [1.82, 2.24) is 10.6 Å². The molecule has 6 heteroatoms. The van der Waals surface area contributed by atoms with Crippen molar-refractivity contribution in [1.29, 1.82) is 0 Å². The van der Waals surface area contributed by atoms with Crippen LogP contribution in [0.2, 0.25) is 5.02 Å². The van der Waals surface area contributed by atoms with E-state index in [1.807, 2.05) is 12.1 Å². The molecule has 0 radical (unpaired) electrons. The summed E-state index contributed by atoms with van der Waals surface area (Å²) in [5, 5.41) is 6.89. The van der Waals surface area contributed by atoms with Crippen LogP contribution in [0.4, 0.5) is 0 Å². The summed E-state index contributed by atoms with van der Waals surface area (Å²) in [7, 11) is 0. The molecule has 1 saturated heterocycles. The standard InChI is InChI=1S/C18H25ClN2O3/c1-12(14-2-4-20-5-3-14)8-17(22)21-11-13-9-15(19)18-16(10-13)23-6-7-24-18/h9-10,12,14,20H,2-8,11H2,1H3,(H,21,22). The van der Waals surface area contributed by atoms with Gasteiger partial charge in [0.2, 0.25) is 5.91 Å². The molecule has 0 saturated carbocycles. The summed E-state index contributed by atoms with van der Waals surface area (Å²) in [6, 6.07) is 3.71. The first kappa shape index (κ1) is 17.4. The number of fused-ring (bicyclic) bond motifs is 1. The molecule has 2 N–H and O–H groups in total. The Morgan fingerprint density at radius 3 is 2.88 bits per heavy atom. The number of benzene rings is 1. The number of amides is 1. The molecule has 3 rings (SSSR count). The van der Waals surface area contributed by atoms with E-state index in [4.69, 9.17) is 21.1 Å². The first-order valence-corrected chi connectivity index (χ1v) is 9.06. The molecule has 1 fully saturated rings. The van der Waals surface area contributed by atoms with Crippen LogP contribution >= 0.6 is 11.6 Å². The van der Waals surface area contributed by atoms with E-state index in [2.05, 4.69) is 17.6 Å². The van der Waals surface area contributed by atoms with E-state index in [9.17, 15) is 4.79 Å². The third kappa shape index (κ3) is 4.33. The number of carbonyl (C=O) groups is 1. The largest absolute Gasteiger partial charge is 0.486 e. The van der Waals surface area contributed by atoms with Gasteiger partial charge in [0.05, 0.1) is 5.02 Å². The lowest BCUT2D eigenvalue weighted by Gasteiger charge is -2.27. The monoisotopic (exact) mass is 352 g/mol. The molecule has 132 valence electrons. The summed E-state index contributed by atoms with van der Waals surface area (Å²) < 4.78 is 11.1. The average molecular weight is 353 g/mol. The number of hydrogen-bond acceptors (Lipinski definition) is 4. The zero-order chi connectivity index (χ0) is 16.9. The van der Waals surface area contributed by atoms with Gasteiger partial charge in [-0.1, -0.05) is 18.5 Å². The number of piperidine rings is 1. The molecule has 1 atom stereocenters. The predicted octanol–water partition coefficient (Wildman–Crippen LogP) is 2.75. The Hall–Kier alpha value is -1.46. The van der Waals surface area contributed by atoms with Gasteiger partial charge in [-0.15, -0.1) is 0 Å².